The van der Waals surface area contributed by atoms with E-state index >= 15 is 0 Å². The highest BCUT2D eigenvalue weighted by atomic mass is 35.5. The molecule has 2 N–H and O–H groups in total. The lowest BCUT2D eigenvalue weighted by atomic mass is 10.1. The predicted molar refractivity (Wildman–Crippen MR) is 121 cm³/mol. The number of nitrogens with two attached hydrogens (primary N) is 1. The fraction of sp³-hybridized carbons (Fsp3) is 0.429. The average molecular weight is 464 g/mol. The number of benzene rings is 1. The average Bonchev–Trinajstić information content (AvgIpc) is 2.70. The molecule has 1 saturated heterocycles. The summed E-state index contributed by atoms with van der Waals surface area (Å²) in [6.45, 7) is 9.27. The van der Waals surface area contributed by atoms with Crippen molar-refractivity contribution in [1.82, 2.24) is 9.88 Å². The van der Waals surface area contributed by atoms with E-state index in [1.54, 1.807) is 17.0 Å². The van der Waals surface area contributed by atoms with E-state index in [0.717, 1.165) is 5.69 Å². The molecular formula is C21H26ClN5O5. The quantitative estimate of drug-likeness (QED) is 0.520. The number of nitrogen functional groups attached to an aromatic ring is 1. The molecule has 172 valence electrons. The van der Waals surface area contributed by atoms with E-state index in [1.807, 2.05) is 39.8 Å². The first-order valence-electron chi connectivity index (χ1n) is 10.1. The third kappa shape index (κ3) is 5.31. The molecule has 3 rings (SSSR count). The number of piperazine rings is 1. The minimum atomic E-state index is -0.677. The van der Waals surface area contributed by atoms with Crippen molar-refractivity contribution in [3.8, 4) is 11.5 Å². The number of hydrogen-bond acceptors (Lipinski definition) is 8. The highest BCUT2D eigenvalue weighted by molar-refractivity contribution is 6.32. The van der Waals surface area contributed by atoms with Crippen LogP contribution < -0.4 is 15.4 Å². The molecule has 0 unspecified atom stereocenters. The number of nitrogens with zero attached hydrogens (tertiary/aromatic N) is 4. The van der Waals surface area contributed by atoms with E-state index in [4.69, 9.17) is 26.8 Å². The lowest BCUT2D eigenvalue weighted by Crippen LogP contribution is -2.54. The van der Waals surface area contributed by atoms with Crippen LogP contribution in [0.1, 0.15) is 27.7 Å². The van der Waals surface area contributed by atoms with Crippen LogP contribution in [0.2, 0.25) is 5.02 Å². The molecule has 11 heteroatoms. The van der Waals surface area contributed by atoms with Gasteiger partial charge in [0.05, 0.1) is 11.1 Å². The summed E-state index contributed by atoms with van der Waals surface area (Å²) < 4.78 is 11.1. The Hall–Kier alpha value is -3.27. The van der Waals surface area contributed by atoms with Crippen molar-refractivity contribution in [2.45, 2.75) is 39.3 Å². The van der Waals surface area contributed by atoms with Crippen LogP contribution in [0.15, 0.2) is 30.5 Å². The van der Waals surface area contributed by atoms with Crippen LogP contribution in [0.3, 0.4) is 0 Å². The van der Waals surface area contributed by atoms with Crippen molar-refractivity contribution in [3.05, 3.63) is 45.6 Å². The van der Waals surface area contributed by atoms with Gasteiger partial charge in [-0.3, -0.25) is 10.1 Å². The van der Waals surface area contributed by atoms with Gasteiger partial charge in [0, 0.05) is 31.4 Å². The van der Waals surface area contributed by atoms with Gasteiger partial charge in [0.25, 0.3) is 0 Å². The molecule has 2 aromatic rings. The van der Waals surface area contributed by atoms with Gasteiger partial charge < -0.3 is 25.0 Å². The van der Waals surface area contributed by atoms with Crippen molar-refractivity contribution in [2.24, 2.45) is 0 Å². The van der Waals surface area contributed by atoms with Gasteiger partial charge >= 0.3 is 11.8 Å². The Morgan fingerprint density at radius 2 is 1.94 bits per heavy atom. The molecule has 1 aromatic carbocycles. The van der Waals surface area contributed by atoms with Gasteiger partial charge in [-0.1, -0.05) is 11.6 Å². The van der Waals surface area contributed by atoms with Crippen molar-refractivity contribution >= 4 is 34.9 Å². The predicted octanol–water partition coefficient (Wildman–Crippen LogP) is 4.46. The van der Waals surface area contributed by atoms with Crippen molar-refractivity contribution in [2.75, 3.05) is 30.3 Å². The van der Waals surface area contributed by atoms with Gasteiger partial charge in [-0.05, 0) is 52.0 Å². The maximum absolute atomic E-state index is 12.3. The molecule has 1 atom stereocenters. The Labute approximate surface area is 191 Å². The zero-order valence-electron chi connectivity index (χ0n) is 18.4. The number of rotatable bonds is 4. The minimum absolute atomic E-state index is 0.0122. The zero-order valence-corrected chi connectivity index (χ0v) is 19.1. The van der Waals surface area contributed by atoms with Crippen LogP contribution in [-0.4, -0.2) is 52.2 Å². The summed E-state index contributed by atoms with van der Waals surface area (Å²) in [5.41, 5.74) is 5.53. The molecular weight excluding hydrogens is 438 g/mol. The van der Waals surface area contributed by atoms with Crippen LogP contribution in [0, 0.1) is 10.1 Å². The Morgan fingerprint density at radius 1 is 1.28 bits per heavy atom. The van der Waals surface area contributed by atoms with Crippen LogP contribution in [0.5, 0.6) is 11.5 Å². The monoisotopic (exact) mass is 463 g/mol. The van der Waals surface area contributed by atoms with E-state index in [1.165, 1.54) is 6.20 Å². The molecule has 0 radical (unpaired) electrons. The van der Waals surface area contributed by atoms with Gasteiger partial charge in [-0.15, -0.1) is 0 Å². The lowest BCUT2D eigenvalue weighted by molar-refractivity contribution is -0.384. The summed E-state index contributed by atoms with van der Waals surface area (Å²) in [6, 6.07) is 7.15. The van der Waals surface area contributed by atoms with Crippen LogP contribution in [0.25, 0.3) is 0 Å². The van der Waals surface area contributed by atoms with Crippen molar-refractivity contribution in [1.29, 1.82) is 0 Å². The Kier molecular flexibility index (Phi) is 6.63. The van der Waals surface area contributed by atoms with Gasteiger partial charge in [-0.2, -0.15) is 0 Å². The molecule has 1 aliphatic rings. The summed E-state index contributed by atoms with van der Waals surface area (Å²) in [4.78, 5) is 30.6. The van der Waals surface area contributed by atoms with E-state index in [0.29, 0.717) is 25.4 Å². The van der Waals surface area contributed by atoms with Gasteiger partial charge in [0.1, 0.15) is 16.4 Å². The number of pyridine rings is 1. The topological polar surface area (TPSA) is 124 Å². The first kappa shape index (κ1) is 23.4. The normalized spacial score (nSPS) is 16.6. The number of ether oxygens (including phenoxy) is 2. The number of carbonyl (C=O) groups excluding carboxylic acids is 1. The molecule has 32 heavy (non-hydrogen) atoms. The smallest absolute Gasteiger partial charge is 0.410 e. The van der Waals surface area contributed by atoms with E-state index in [2.05, 4.69) is 9.88 Å². The summed E-state index contributed by atoms with van der Waals surface area (Å²) in [6.07, 6.45) is 0.891. The summed E-state index contributed by atoms with van der Waals surface area (Å²) in [5.74, 6) is -0.0663. The lowest BCUT2D eigenvalue weighted by Gasteiger charge is -2.41. The summed E-state index contributed by atoms with van der Waals surface area (Å²) in [7, 11) is 0. The van der Waals surface area contributed by atoms with E-state index in [9.17, 15) is 14.9 Å². The molecule has 1 amide bonds. The molecule has 0 aliphatic carbocycles. The third-order valence-corrected chi connectivity index (χ3v) is 5.11. The number of hydrogen-bond donors (Lipinski definition) is 1. The Balaban J connectivity index is 1.71. The number of nitro groups is 1. The molecule has 2 heterocycles. The molecule has 10 nitrogen and oxygen atoms in total. The van der Waals surface area contributed by atoms with E-state index < -0.39 is 16.2 Å². The highest BCUT2D eigenvalue weighted by Crippen LogP contribution is 2.40. The SMILES string of the molecule is C[C@H]1CN(C(=O)OC(C)(C)C)CCN1c1ccc(Oc2c(Cl)cnc(N)c2[N+](=O)[O-])cc1. The zero-order chi connectivity index (χ0) is 23.6. The number of anilines is 2. The van der Waals surface area contributed by atoms with E-state index in [-0.39, 0.29) is 28.7 Å². The number of halogens is 1. The molecule has 1 aromatic heterocycles. The van der Waals surface area contributed by atoms with Gasteiger partial charge in [0.2, 0.25) is 11.6 Å². The summed E-state index contributed by atoms with van der Waals surface area (Å²) in [5, 5.41) is 11.3. The second kappa shape index (κ2) is 9.07. The second-order valence-electron chi connectivity index (χ2n) is 8.49. The van der Waals surface area contributed by atoms with Crippen molar-refractivity contribution < 1.29 is 19.2 Å². The minimum Gasteiger partial charge on any atom is -0.448 e. The second-order valence-corrected chi connectivity index (χ2v) is 8.90. The van der Waals surface area contributed by atoms with Gasteiger partial charge in [0.15, 0.2) is 0 Å². The van der Waals surface area contributed by atoms with Crippen molar-refractivity contribution in [3.63, 3.8) is 0 Å². The van der Waals surface area contributed by atoms with Crippen LogP contribution in [-0.2, 0) is 4.74 Å². The number of carbonyl (C=O) groups is 1. The maximum Gasteiger partial charge on any atom is 0.410 e. The van der Waals surface area contributed by atoms with Crippen LogP contribution >= 0.6 is 11.6 Å². The first-order chi connectivity index (χ1) is 15.0. The van der Waals surface area contributed by atoms with Crippen LogP contribution in [0.4, 0.5) is 22.0 Å². The molecule has 1 aliphatic heterocycles. The fourth-order valence-corrected chi connectivity index (χ4v) is 3.58. The molecule has 1 fully saturated rings. The Bertz CT molecular complexity index is 1010. The fourth-order valence-electron chi connectivity index (χ4n) is 3.41. The highest BCUT2D eigenvalue weighted by Gasteiger charge is 2.30. The molecule has 0 spiro atoms. The molecule has 0 bridgehead atoms. The molecule has 0 saturated carbocycles. The third-order valence-electron chi connectivity index (χ3n) is 4.84. The first-order valence-corrected chi connectivity index (χ1v) is 10.4. The largest absolute Gasteiger partial charge is 0.448 e. The number of amides is 1. The maximum atomic E-state index is 12.3. The summed E-state index contributed by atoms with van der Waals surface area (Å²) >= 11 is 6.05. The standard InChI is InChI=1S/C21H26ClN5O5/c1-13-12-25(20(28)32-21(2,3)4)9-10-26(13)14-5-7-15(8-6-14)31-18-16(22)11-24-19(23)17(18)27(29)30/h5-8,11,13H,9-10,12H2,1-4H3,(H2,23,24)/t13-/m0/s1. The Morgan fingerprint density at radius 3 is 2.50 bits per heavy atom. The van der Waals surface area contributed by atoms with Gasteiger partial charge in [-0.25, -0.2) is 9.78 Å². The number of aromatic nitrogens is 1.